The summed E-state index contributed by atoms with van der Waals surface area (Å²) in [5.41, 5.74) is 0.803. The van der Waals surface area contributed by atoms with Crippen molar-refractivity contribution in [3.05, 3.63) is 60.9 Å². The number of anilines is 1. The number of hydrogen-bond acceptors (Lipinski definition) is 4. The number of thioether (sulfide) groups is 1. The van der Waals surface area contributed by atoms with Gasteiger partial charge in [0.1, 0.15) is 5.82 Å². The number of carbonyl (C=O) groups excluding carboxylic acids is 1. The smallest absolute Gasteiger partial charge is 0.237 e. The molecule has 4 rings (SSSR count). The number of carbonyl (C=O) groups is 1. The van der Waals surface area contributed by atoms with Crippen molar-refractivity contribution in [1.29, 1.82) is 0 Å². The number of benzene rings is 2. The van der Waals surface area contributed by atoms with Gasteiger partial charge in [0.25, 0.3) is 0 Å². The number of nitrogens with one attached hydrogen (secondary N) is 1. The second-order valence-electron chi connectivity index (χ2n) is 6.83. The van der Waals surface area contributed by atoms with E-state index in [0.29, 0.717) is 12.5 Å². The van der Waals surface area contributed by atoms with Crippen molar-refractivity contribution in [1.82, 2.24) is 14.8 Å². The summed E-state index contributed by atoms with van der Waals surface area (Å²) in [5, 5.41) is 14.4. The van der Waals surface area contributed by atoms with Crippen LogP contribution in [0.1, 0.15) is 31.5 Å². The Balaban J connectivity index is 1.46. The highest BCUT2D eigenvalue weighted by molar-refractivity contribution is 8.00. The maximum Gasteiger partial charge on any atom is 0.237 e. The number of aromatic nitrogens is 3. The number of rotatable bonds is 7. The van der Waals surface area contributed by atoms with Crippen LogP contribution in [0.25, 0.3) is 10.8 Å². The van der Waals surface area contributed by atoms with Crippen LogP contribution in [0.3, 0.4) is 0 Å². The molecule has 0 bridgehead atoms. The molecule has 0 aliphatic heterocycles. The molecule has 3 aromatic rings. The quantitative estimate of drug-likeness (QED) is 0.482. The maximum absolute atomic E-state index is 12.7. The number of nitrogens with zero attached hydrogens (tertiary/aromatic N) is 3. The van der Waals surface area contributed by atoms with E-state index in [-0.39, 0.29) is 11.2 Å². The first kappa shape index (κ1) is 17.8. The third-order valence-corrected chi connectivity index (χ3v) is 5.75. The van der Waals surface area contributed by atoms with Gasteiger partial charge in [0.15, 0.2) is 5.16 Å². The highest BCUT2D eigenvalue weighted by atomic mass is 32.2. The lowest BCUT2D eigenvalue weighted by Crippen LogP contribution is -2.23. The number of allylic oxidation sites excluding steroid dienone is 1. The minimum atomic E-state index is -0.281. The Morgan fingerprint density at radius 1 is 1.30 bits per heavy atom. The molecule has 1 heterocycles. The van der Waals surface area contributed by atoms with Crippen LogP contribution in [0.15, 0.2) is 60.3 Å². The highest BCUT2D eigenvalue weighted by Gasteiger charge is 2.31. The first-order valence-electron chi connectivity index (χ1n) is 9.16. The maximum atomic E-state index is 12.7. The zero-order valence-corrected chi connectivity index (χ0v) is 16.1. The fourth-order valence-corrected chi connectivity index (χ4v) is 3.92. The van der Waals surface area contributed by atoms with Crippen LogP contribution in [0, 0.1) is 0 Å². The van der Waals surface area contributed by atoms with Gasteiger partial charge in [0.05, 0.1) is 5.25 Å². The Kier molecular flexibility index (Phi) is 4.99. The fourth-order valence-electron chi connectivity index (χ4n) is 3.05. The zero-order valence-electron chi connectivity index (χ0n) is 15.3. The van der Waals surface area contributed by atoms with Crippen molar-refractivity contribution in [3.8, 4) is 0 Å². The lowest BCUT2D eigenvalue weighted by molar-refractivity contribution is -0.115. The summed E-state index contributed by atoms with van der Waals surface area (Å²) in [7, 11) is 0. The summed E-state index contributed by atoms with van der Waals surface area (Å²) >= 11 is 1.44. The van der Waals surface area contributed by atoms with E-state index in [1.54, 1.807) is 0 Å². The molecule has 1 atom stereocenters. The topological polar surface area (TPSA) is 59.8 Å². The Hall–Kier alpha value is -2.60. The molecule has 1 amide bonds. The molecule has 0 saturated heterocycles. The molecule has 1 unspecified atom stereocenters. The molecule has 5 nitrogen and oxygen atoms in total. The van der Waals surface area contributed by atoms with Gasteiger partial charge < -0.3 is 9.88 Å². The predicted molar refractivity (Wildman–Crippen MR) is 110 cm³/mol. The molecule has 1 aromatic heterocycles. The lowest BCUT2D eigenvalue weighted by Gasteiger charge is -2.13. The van der Waals surface area contributed by atoms with Gasteiger partial charge in [-0.05, 0) is 42.7 Å². The molecule has 0 radical (unpaired) electrons. The van der Waals surface area contributed by atoms with E-state index >= 15 is 0 Å². The fraction of sp³-hybridized carbons (Fsp3) is 0.286. The number of amides is 1. The van der Waals surface area contributed by atoms with Crippen LogP contribution in [0.2, 0.25) is 0 Å². The van der Waals surface area contributed by atoms with E-state index in [1.165, 1.54) is 11.8 Å². The molecule has 1 aliphatic carbocycles. The van der Waals surface area contributed by atoms with Crippen LogP contribution in [0.4, 0.5) is 5.69 Å². The van der Waals surface area contributed by atoms with Crippen molar-refractivity contribution in [2.24, 2.45) is 0 Å². The molecule has 138 valence electrons. The first-order chi connectivity index (χ1) is 13.2. The first-order valence-corrected chi connectivity index (χ1v) is 10.0. The van der Waals surface area contributed by atoms with E-state index in [4.69, 9.17) is 0 Å². The minimum Gasteiger partial charge on any atom is -0.325 e. The average Bonchev–Trinajstić information content (AvgIpc) is 3.45. The van der Waals surface area contributed by atoms with Gasteiger partial charge in [-0.1, -0.05) is 48.2 Å². The van der Waals surface area contributed by atoms with Gasteiger partial charge in [-0.25, -0.2) is 0 Å². The van der Waals surface area contributed by atoms with Crippen molar-refractivity contribution >= 4 is 34.1 Å². The third-order valence-electron chi connectivity index (χ3n) is 4.67. The summed E-state index contributed by atoms with van der Waals surface area (Å²) in [4.78, 5) is 12.7. The summed E-state index contributed by atoms with van der Waals surface area (Å²) in [6.07, 6.45) is 4.18. The van der Waals surface area contributed by atoms with E-state index < -0.39 is 0 Å². The third kappa shape index (κ3) is 3.90. The van der Waals surface area contributed by atoms with Crippen molar-refractivity contribution in [2.45, 2.75) is 42.6 Å². The Bertz CT molecular complexity index is 993. The van der Waals surface area contributed by atoms with Gasteiger partial charge in [0.2, 0.25) is 5.91 Å². The van der Waals surface area contributed by atoms with E-state index in [9.17, 15) is 4.79 Å². The van der Waals surface area contributed by atoms with Gasteiger partial charge in [-0.15, -0.1) is 16.8 Å². The molecular formula is C21H22N4OS. The van der Waals surface area contributed by atoms with Crippen LogP contribution < -0.4 is 5.32 Å². The summed E-state index contributed by atoms with van der Waals surface area (Å²) in [6, 6.07) is 14.1. The molecule has 1 aliphatic rings. The van der Waals surface area contributed by atoms with Crippen LogP contribution in [-0.2, 0) is 11.3 Å². The zero-order chi connectivity index (χ0) is 18.8. The summed E-state index contributed by atoms with van der Waals surface area (Å²) in [5.74, 6) is 1.48. The average molecular weight is 379 g/mol. The minimum absolute atomic E-state index is 0.0450. The van der Waals surface area contributed by atoms with Gasteiger partial charge >= 0.3 is 0 Å². The monoisotopic (exact) mass is 378 g/mol. The second kappa shape index (κ2) is 7.56. The van der Waals surface area contributed by atoms with Crippen molar-refractivity contribution in [2.75, 3.05) is 5.32 Å². The predicted octanol–water partition coefficient (Wildman–Crippen LogP) is 4.61. The molecule has 1 N–H and O–H groups in total. The SMILES string of the molecule is C=CCn1c(SC(C)C(=O)Nc2ccc3ccccc3c2)nnc1C1CC1. The molecule has 2 aromatic carbocycles. The highest BCUT2D eigenvalue weighted by Crippen LogP contribution is 2.40. The van der Waals surface area contributed by atoms with Gasteiger partial charge in [0, 0.05) is 18.2 Å². The van der Waals surface area contributed by atoms with E-state index in [2.05, 4.69) is 32.7 Å². The number of hydrogen-bond donors (Lipinski definition) is 1. The Labute approximate surface area is 162 Å². The van der Waals surface area contributed by atoms with Crippen LogP contribution in [0.5, 0.6) is 0 Å². The second-order valence-corrected chi connectivity index (χ2v) is 8.13. The summed E-state index contributed by atoms with van der Waals surface area (Å²) < 4.78 is 2.08. The Morgan fingerprint density at radius 2 is 2.07 bits per heavy atom. The Morgan fingerprint density at radius 3 is 2.81 bits per heavy atom. The largest absolute Gasteiger partial charge is 0.325 e. The van der Waals surface area contributed by atoms with E-state index in [1.807, 2.05) is 49.4 Å². The van der Waals surface area contributed by atoms with Crippen molar-refractivity contribution < 1.29 is 4.79 Å². The summed E-state index contributed by atoms with van der Waals surface area (Å²) in [6.45, 7) is 6.39. The van der Waals surface area contributed by atoms with Gasteiger partial charge in [-0.3, -0.25) is 4.79 Å². The van der Waals surface area contributed by atoms with Crippen LogP contribution >= 0.6 is 11.8 Å². The number of fused-ring (bicyclic) bond motifs is 1. The van der Waals surface area contributed by atoms with Gasteiger partial charge in [-0.2, -0.15) is 0 Å². The molecule has 1 fully saturated rings. The van der Waals surface area contributed by atoms with Crippen LogP contribution in [-0.4, -0.2) is 25.9 Å². The normalized spacial score (nSPS) is 14.9. The van der Waals surface area contributed by atoms with Crippen molar-refractivity contribution in [3.63, 3.8) is 0 Å². The molecular weight excluding hydrogens is 356 g/mol. The van der Waals surface area contributed by atoms with E-state index in [0.717, 1.165) is 40.3 Å². The molecule has 0 spiro atoms. The molecule has 6 heteroatoms. The standard InChI is InChI=1S/C21H22N4OS/c1-3-12-25-19(16-8-9-16)23-24-21(25)27-14(2)20(26)22-18-11-10-15-6-4-5-7-17(15)13-18/h3-7,10-11,13-14,16H,1,8-9,12H2,2H3,(H,22,26). The molecule has 27 heavy (non-hydrogen) atoms. The lowest BCUT2D eigenvalue weighted by atomic mass is 10.1. The molecule has 1 saturated carbocycles.